The summed E-state index contributed by atoms with van der Waals surface area (Å²) < 4.78 is 5.57. The van der Waals surface area contributed by atoms with Gasteiger partial charge in [0.25, 0.3) is 5.89 Å². The van der Waals surface area contributed by atoms with Crippen LogP contribution >= 0.6 is 23.1 Å². The molecule has 6 heteroatoms. The molecule has 2 N–H and O–H groups in total. The first-order chi connectivity index (χ1) is 8.29. The van der Waals surface area contributed by atoms with Crippen LogP contribution in [0.5, 0.6) is 0 Å². The molecule has 2 aromatic heterocycles. The number of aromatic nitrogens is 2. The zero-order valence-electron chi connectivity index (χ0n) is 9.63. The first-order valence-electron chi connectivity index (χ1n) is 5.49. The Balaban J connectivity index is 1.87. The molecule has 0 aliphatic heterocycles. The van der Waals surface area contributed by atoms with Gasteiger partial charge in [0.1, 0.15) is 0 Å². The molecule has 92 valence electrons. The van der Waals surface area contributed by atoms with E-state index in [0.717, 1.165) is 22.8 Å². The Morgan fingerprint density at radius 2 is 2.41 bits per heavy atom. The second-order valence-electron chi connectivity index (χ2n) is 3.66. The average molecular weight is 269 g/mol. The van der Waals surface area contributed by atoms with Crippen LogP contribution in [0.25, 0.3) is 10.8 Å². The van der Waals surface area contributed by atoms with Crippen LogP contribution in [0.15, 0.2) is 21.9 Å². The lowest BCUT2D eigenvalue weighted by molar-refractivity contribution is 0.529. The molecule has 0 saturated carbocycles. The van der Waals surface area contributed by atoms with Crippen LogP contribution in [0.2, 0.25) is 0 Å². The van der Waals surface area contributed by atoms with Gasteiger partial charge in [-0.3, -0.25) is 0 Å². The number of thioether (sulfide) groups is 1. The monoisotopic (exact) mass is 269 g/mol. The third kappa shape index (κ3) is 3.55. The van der Waals surface area contributed by atoms with Gasteiger partial charge in [0.15, 0.2) is 0 Å². The quantitative estimate of drug-likeness (QED) is 0.873. The molecule has 4 nitrogen and oxygen atoms in total. The number of hydrogen-bond donors (Lipinski definition) is 1. The number of thiophene rings is 1. The molecule has 1 unspecified atom stereocenters. The highest BCUT2D eigenvalue weighted by Crippen LogP contribution is 2.24. The molecule has 1 atom stereocenters. The number of rotatable bonds is 6. The maximum Gasteiger partial charge on any atom is 0.257 e. The smallest absolute Gasteiger partial charge is 0.257 e. The van der Waals surface area contributed by atoms with E-state index in [1.54, 1.807) is 23.1 Å². The van der Waals surface area contributed by atoms with Gasteiger partial charge in [0, 0.05) is 11.8 Å². The van der Waals surface area contributed by atoms with E-state index in [4.69, 9.17) is 10.2 Å². The Labute approximate surface area is 109 Å². The van der Waals surface area contributed by atoms with Gasteiger partial charge < -0.3 is 10.2 Å². The van der Waals surface area contributed by atoms with Crippen molar-refractivity contribution in [1.29, 1.82) is 0 Å². The van der Waals surface area contributed by atoms with E-state index in [1.807, 2.05) is 17.5 Å². The molecule has 0 amide bonds. The minimum absolute atomic E-state index is 0.250. The topological polar surface area (TPSA) is 64.9 Å². The summed E-state index contributed by atoms with van der Waals surface area (Å²) in [6, 6.07) is 4.20. The van der Waals surface area contributed by atoms with Crippen LogP contribution in [0.3, 0.4) is 0 Å². The predicted molar refractivity (Wildman–Crippen MR) is 72.0 cm³/mol. The molecule has 0 saturated heterocycles. The highest BCUT2D eigenvalue weighted by Gasteiger charge is 2.09. The lowest BCUT2D eigenvalue weighted by atomic mass is 10.3. The first-order valence-corrected chi connectivity index (χ1v) is 7.52. The fourth-order valence-electron chi connectivity index (χ4n) is 1.23. The van der Waals surface area contributed by atoms with Crippen LogP contribution in [-0.4, -0.2) is 22.0 Å². The third-order valence-electron chi connectivity index (χ3n) is 2.28. The molecule has 2 aromatic rings. The second kappa shape index (κ2) is 6.18. The van der Waals surface area contributed by atoms with Gasteiger partial charge >= 0.3 is 0 Å². The van der Waals surface area contributed by atoms with E-state index in [-0.39, 0.29) is 6.04 Å². The van der Waals surface area contributed by atoms with E-state index in [1.165, 1.54) is 0 Å². The number of nitrogens with zero attached hydrogens (tertiary/aromatic N) is 2. The van der Waals surface area contributed by atoms with Gasteiger partial charge in [-0.15, -0.1) is 21.5 Å². The standard InChI is InChI=1S/C11H15N3OS2/c1-2-8(12)6-16-7-10-13-14-11(15-10)9-4-3-5-17-9/h3-5,8H,2,6-7,12H2,1H3. The van der Waals surface area contributed by atoms with Gasteiger partial charge in [0.2, 0.25) is 5.89 Å². The summed E-state index contributed by atoms with van der Waals surface area (Å²) >= 11 is 3.33. The Morgan fingerprint density at radius 1 is 1.53 bits per heavy atom. The highest BCUT2D eigenvalue weighted by molar-refractivity contribution is 7.98. The minimum atomic E-state index is 0.250. The van der Waals surface area contributed by atoms with Crippen molar-refractivity contribution in [3.05, 3.63) is 23.4 Å². The lowest BCUT2D eigenvalue weighted by Gasteiger charge is -2.05. The Hall–Kier alpha value is -0.850. The van der Waals surface area contributed by atoms with E-state index in [2.05, 4.69) is 17.1 Å². The lowest BCUT2D eigenvalue weighted by Crippen LogP contribution is -2.21. The van der Waals surface area contributed by atoms with E-state index >= 15 is 0 Å². The molecule has 2 rings (SSSR count). The van der Waals surface area contributed by atoms with Crippen molar-refractivity contribution in [2.45, 2.75) is 25.1 Å². The minimum Gasteiger partial charge on any atom is -0.419 e. The van der Waals surface area contributed by atoms with Gasteiger partial charge in [-0.05, 0) is 17.9 Å². The van der Waals surface area contributed by atoms with Gasteiger partial charge in [-0.1, -0.05) is 13.0 Å². The average Bonchev–Trinajstić information content (AvgIpc) is 2.98. The van der Waals surface area contributed by atoms with Crippen LogP contribution in [0.4, 0.5) is 0 Å². The Morgan fingerprint density at radius 3 is 3.12 bits per heavy atom. The summed E-state index contributed by atoms with van der Waals surface area (Å²) in [5, 5.41) is 10.0. The fraction of sp³-hybridized carbons (Fsp3) is 0.455. The molecule has 0 aliphatic carbocycles. The third-order valence-corrected chi connectivity index (χ3v) is 4.25. The molecule has 0 fully saturated rings. The van der Waals surface area contributed by atoms with Crippen molar-refractivity contribution in [3.8, 4) is 10.8 Å². The molecule has 2 heterocycles. The molecular weight excluding hydrogens is 254 g/mol. The SMILES string of the molecule is CCC(N)CSCc1nnc(-c2cccs2)o1. The number of nitrogens with two attached hydrogens (primary N) is 1. The van der Waals surface area contributed by atoms with Crippen LogP contribution in [0, 0.1) is 0 Å². The van der Waals surface area contributed by atoms with Crippen LogP contribution in [0.1, 0.15) is 19.2 Å². The second-order valence-corrected chi connectivity index (χ2v) is 5.64. The first kappa shape index (κ1) is 12.6. The molecule has 17 heavy (non-hydrogen) atoms. The van der Waals surface area contributed by atoms with Crippen molar-refractivity contribution in [2.75, 3.05) is 5.75 Å². The molecule has 0 spiro atoms. The summed E-state index contributed by atoms with van der Waals surface area (Å²) in [5.41, 5.74) is 5.83. The zero-order chi connectivity index (χ0) is 12.1. The summed E-state index contributed by atoms with van der Waals surface area (Å²) in [4.78, 5) is 1.01. The van der Waals surface area contributed by atoms with E-state index < -0.39 is 0 Å². The molecule has 0 aliphatic rings. The summed E-state index contributed by atoms with van der Waals surface area (Å²) in [7, 11) is 0. The molecule has 0 radical (unpaired) electrons. The summed E-state index contributed by atoms with van der Waals surface area (Å²) in [6.45, 7) is 2.09. The maximum atomic E-state index is 5.83. The highest BCUT2D eigenvalue weighted by atomic mass is 32.2. The molecular formula is C11H15N3OS2. The van der Waals surface area contributed by atoms with Crippen molar-refractivity contribution >= 4 is 23.1 Å². The Bertz CT molecular complexity index is 441. The summed E-state index contributed by atoms with van der Waals surface area (Å²) in [5.74, 6) is 2.93. The van der Waals surface area contributed by atoms with Crippen molar-refractivity contribution in [3.63, 3.8) is 0 Å². The number of hydrogen-bond acceptors (Lipinski definition) is 6. The molecule has 0 aromatic carbocycles. The molecule has 0 bridgehead atoms. The van der Waals surface area contributed by atoms with Gasteiger partial charge in [0.05, 0.1) is 10.6 Å². The Kier molecular flexibility index (Phi) is 4.58. The van der Waals surface area contributed by atoms with Crippen molar-refractivity contribution in [2.24, 2.45) is 5.73 Å². The van der Waals surface area contributed by atoms with Crippen molar-refractivity contribution in [1.82, 2.24) is 10.2 Å². The zero-order valence-corrected chi connectivity index (χ0v) is 11.3. The van der Waals surface area contributed by atoms with Crippen molar-refractivity contribution < 1.29 is 4.42 Å². The summed E-state index contributed by atoms with van der Waals surface area (Å²) in [6.07, 6.45) is 0.997. The van der Waals surface area contributed by atoms with E-state index in [0.29, 0.717) is 11.8 Å². The fourth-order valence-corrected chi connectivity index (χ4v) is 2.82. The van der Waals surface area contributed by atoms with Crippen LogP contribution < -0.4 is 5.73 Å². The van der Waals surface area contributed by atoms with Crippen LogP contribution in [-0.2, 0) is 5.75 Å². The van der Waals surface area contributed by atoms with Gasteiger partial charge in [-0.2, -0.15) is 11.8 Å². The normalized spacial score (nSPS) is 12.8. The predicted octanol–water partition coefficient (Wildman–Crippen LogP) is 2.77. The van der Waals surface area contributed by atoms with Gasteiger partial charge in [-0.25, -0.2) is 0 Å². The maximum absolute atomic E-state index is 5.83. The largest absolute Gasteiger partial charge is 0.419 e. The van der Waals surface area contributed by atoms with E-state index in [9.17, 15) is 0 Å².